The van der Waals surface area contributed by atoms with Gasteiger partial charge in [-0.05, 0) is 61.3 Å². The third-order valence-electron chi connectivity index (χ3n) is 7.53. The van der Waals surface area contributed by atoms with Crippen molar-refractivity contribution in [1.82, 2.24) is 19.7 Å². The van der Waals surface area contributed by atoms with Gasteiger partial charge in [-0.2, -0.15) is 0 Å². The average molecular weight is 431 g/mol. The summed E-state index contributed by atoms with van der Waals surface area (Å²) in [6.07, 6.45) is 8.00. The van der Waals surface area contributed by atoms with Crippen LogP contribution in [0.25, 0.3) is 5.69 Å². The van der Waals surface area contributed by atoms with Gasteiger partial charge in [0.2, 0.25) is 5.91 Å². The van der Waals surface area contributed by atoms with E-state index in [1.807, 2.05) is 24.4 Å². The number of carbonyl (C=O) groups is 1. The highest BCUT2D eigenvalue weighted by molar-refractivity contribution is 5.81. The van der Waals surface area contributed by atoms with Crippen LogP contribution >= 0.6 is 0 Å². The molecule has 0 radical (unpaired) electrons. The summed E-state index contributed by atoms with van der Waals surface area (Å²) in [5, 5.41) is 8.52. The number of primary amides is 1. The summed E-state index contributed by atoms with van der Waals surface area (Å²) in [4.78, 5) is 19.7. The molecule has 7 nitrogen and oxygen atoms in total. The third-order valence-corrected chi connectivity index (χ3v) is 7.53. The van der Waals surface area contributed by atoms with Gasteiger partial charge in [0, 0.05) is 31.1 Å². The number of hydrogen-bond acceptors (Lipinski definition) is 5. The predicted molar refractivity (Wildman–Crippen MR) is 123 cm³/mol. The molecule has 2 N–H and O–H groups in total. The first-order valence-corrected chi connectivity index (χ1v) is 11.5. The van der Waals surface area contributed by atoms with E-state index in [0.717, 1.165) is 56.1 Å². The molecule has 2 atom stereocenters. The van der Waals surface area contributed by atoms with E-state index < -0.39 is 5.41 Å². The van der Waals surface area contributed by atoms with E-state index in [-0.39, 0.29) is 11.8 Å². The number of nitrogens with zero attached hydrogens (tertiary/aromatic N) is 5. The van der Waals surface area contributed by atoms with Crippen molar-refractivity contribution in [3.05, 3.63) is 66.4 Å². The van der Waals surface area contributed by atoms with Crippen LogP contribution in [-0.4, -0.2) is 38.7 Å². The molecular weight excluding hydrogens is 400 g/mol. The van der Waals surface area contributed by atoms with Crippen LogP contribution in [0.3, 0.4) is 0 Å². The number of nitrogens with two attached hydrogens (primary N) is 1. The molecule has 0 aliphatic carbocycles. The van der Waals surface area contributed by atoms with Crippen molar-refractivity contribution in [2.75, 3.05) is 18.0 Å². The minimum atomic E-state index is -0.605. The summed E-state index contributed by atoms with van der Waals surface area (Å²) < 4.78 is 2.06. The van der Waals surface area contributed by atoms with Gasteiger partial charge in [-0.1, -0.05) is 31.2 Å². The van der Waals surface area contributed by atoms with Gasteiger partial charge in [-0.25, -0.2) is 4.98 Å². The molecule has 2 aliphatic heterocycles. The quantitative estimate of drug-likeness (QED) is 0.671. The normalized spacial score (nSPS) is 20.7. The topological polar surface area (TPSA) is 89.9 Å². The van der Waals surface area contributed by atoms with Crippen LogP contribution in [0, 0.1) is 17.3 Å². The molecule has 32 heavy (non-hydrogen) atoms. The van der Waals surface area contributed by atoms with Crippen LogP contribution in [0.2, 0.25) is 0 Å². The standard InChI is InChI=1S/C25H30N6O/c1-25(24(26)32,16-18-9-12-30(13-10-18)22-8-4-5-11-27-22)20-14-19-6-2-3-7-21(19)31-17-28-29-23(31)15-20/h2-8,11,17-18,20H,9-10,12-16H2,1H3,(H2,26,32). The Hall–Kier alpha value is -3.22. The number of anilines is 1. The SMILES string of the molecule is CC(CC1CCN(c2ccccn2)CC1)(C(N)=O)C1Cc2ccccc2-n2cnnc2C1. The zero-order chi connectivity index (χ0) is 22.1. The molecule has 3 aromatic rings. The zero-order valence-corrected chi connectivity index (χ0v) is 18.5. The number of carbonyl (C=O) groups excluding carboxylic acids is 1. The Morgan fingerprint density at radius 1 is 1.12 bits per heavy atom. The number of para-hydroxylation sites is 1. The van der Waals surface area contributed by atoms with Gasteiger partial charge >= 0.3 is 0 Å². The Bertz CT molecular complexity index is 1090. The highest BCUT2D eigenvalue weighted by Gasteiger charge is 2.43. The monoisotopic (exact) mass is 430 g/mol. The largest absolute Gasteiger partial charge is 0.369 e. The van der Waals surface area contributed by atoms with E-state index >= 15 is 0 Å². The lowest BCUT2D eigenvalue weighted by molar-refractivity contribution is -0.131. The molecule has 7 heteroatoms. The molecule has 4 heterocycles. The number of rotatable bonds is 5. The third kappa shape index (κ3) is 3.76. The maximum Gasteiger partial charge on any atom is 0.223 e. The number of fused-ring (bicyclic) bond motifs is 3. The van der Waals surface area contributed by atoms with Crippen LogP contribution in [0.4, 0.5) is 5.82 Å². The molecule has 5 rings (SSSR count). The van der Waals surface area contributed by atoms with Crippen molar-refractivity contribution < 1.29 is 4.79 Å². The van der Waals surface area contributed by atoms with Crippen molar-refractivity contribution in [2.45, 2.75) is 39.0 Å². The molecule has 1 aromatic carbocycles. The van der Waals surface area contributed by atoms with E-state index in [1.54, 1.807) is 6.33 Å². The van der Waals surface area contributed by atoms with Gasteiger partial charge in [0.25, 0.3) is 0 Å². The van der Waals surface area contributed by atoms with Gasteiger partial charge in [-0.3, -0.25) is 9.36 Å². The fourth-order valence-corrected chi connectivity index (χ4v) is 5.50. The minimum Gasteiger partial charge on any atom is -0.369 e. The Labute approximate surface area is 188 Å². The maximum absolute atomic E-state index is 12.9. The lowest BCUT2D eigenvalue weighted by Gasteiger charge is -2.40. The number of aromatic nitrogens is 4. The average Bonchev–Trinajstić information content (AvgIpc) is 3.21. The van der Waals surface area contributed by atoms with E-state index in [2.05, 4.69) is 55.8 Å². The minimum absolute atomic E-state index is 0.0837. The summed E-state index contributed by atoms with van der Waals surface area (Å²) >= 11 is 0. The van der Waals surface area contributed by atoms with Crippen molar-refractivity contribution in [3.8, 4) is 5.69 Å². The highest BCUT2D eigenvalue weighted by atomic mass is 16.1. The van der Waals surface area contributed by atoms with Gasteiger partial charge in [0.1, 0.15) is 18.0 Å². The van der Waals surface area contributed by atoms with Gasteiger partial charge < -0.3 is 10.6 Å². The van der Waals surface area contributed by atoms with Crippen molar-refractivity contribution in [3.63, 3.8) is 0 Å². The van der Waals surface area contributed by atoms with Crippen LogP contribution in [-0.2, 0) is 17.6 Å². The van der Waals surface area contributed by atoms with E-state index in [1.165, 1.54) is 5.56 Å². The molecule has 0 bridgehead atoms. The maximum atomic E-state index is 12.9. The number of amides is 1. The van der Waals surface area contributed by atoms with Crippen LogP contribution in [0.1, 0.15) is 37.6 Å². The second-order valence-corrected chi connectivity index (χ2v) is 9.46. The Kier molecular flexibility index (Phi) is 5.41. The number of hydrogen-bond donors (Lipinski definition) is 1. The highest BCUT2D eigenvalue weighted by Crippen LogP contribution is 2.43. The first-order valence-electron chi connectivity index (χ1n) is 11.5. The van der Waals surface area contributed by atoms with Crippen LogP contribution < -0.4 is 10.6 Å². The summed E-state index contributed by atoms with van der Waals surface area (Å²) in [7, 11) is 0. The lowest BCUT2D eigenvalue weighted by atomic mass is 9.66. The molecule has 1 fully saturated rings. The molecular formula is C25H30N6O. The first-order chi connectivity index (χ1) is 15.5. The molecule has 166 valence electrons. The predicted octanol–water partition coefficient (Wildman–Crippen LogP) is 3.18. The van der Waals surface area contributed by atoms with E-state index in [4.69, 9.17) is 5.73 Å². The van der Waals surface area contributed by atoms with E-state index in [0.29, 0.717) is 12.3 Å². The molecule has 0 spiro atoms. The Balaban J connectivity index is 1.36. The molecule has 1 saturated heterocycles. The van der Waals surface area contributed by atoms with Crippen molar-refractivity contribution >= 4 is 11.7 Å². The number of piperidine rings is 1. The first kappa shape index (κ1) is 20.7. The fourth-order valence-electron chi connectivity index (χ4n) is 5.50. The Morgan fingerprint density at radius 2 is 1.91 bits per heavy atom. The van der Waals surface area contributed by atoms with Gasteiger partial charge in [0.15, 0.2) is 0 Å². The lowest BCUT2D eigenvalue weighted by Crippen LogP contribution is -2.45. The molecule has 0 saturated carbocycles. The van der Waals surface area contributed by atoms with Crippen molar-refractivity contribution in [2.24, 2.45) is 23.0 Å². The zero-order valence-electron chi connectivity index (χ0n) is 18.5. The second-order valence-electron chi connectivity index (χ2n) is 9.46. The van der Waals surface area contributed by atoms with Gasteiger partial charge in [0.05, 0.1) is 5.69 Å². The molecule has 2 aromatic heterocycles. The van der Waals surface area contributed by atoms with E-state index in [9.17, 15) is 4.79 Å². The fraction of sp³-hybridized carbons (Fsp3) is 0.440. The van der Waals surface area contributed by atoms with Crippen LogP contribution in [0.5, 0.6) is 0 Å². The summed E-state index contributed by atoms with van der Waals surface area (Å²) in [5.74, 6) is 2.27. The Morgan fingerprint density at radius 3 is 2.66 bits per heavy atom. The summed E-state index contributed by atoms with van der Waals surface area (Å²) in [6.45, 7) is 3.98. The molecule has 2 unspecified atom stereocenters. The molecule has 2 aliphatic rings. The second kappa shape index (κ2) is 8.37. The van der Waals surface area contributed by atoms with Crippen molar-refractivity contribution in [1.29, 1.82) is 0 Å². The summed E-state index contributed by atoms with van der Waals surface area (Å²) in [6, 6.07) is 14.4. The number of benzene rings is 1. The van der Waals surface area contributed by atoms with Crippen LogP contribution in [0.15, 0.2) is 55.0 Å². The smallest absolute Gasteiger partial charge is 0.223 e. The number of pyridine rings is 1. The summed E-state index contributed by atoms with van der Waals surface area (Å²) in [5.41, 5.74) is 7.81. The molecule has 1 amide bonds. The van der Waals surface area contributed by atoms with Gasteiger partial charge in [-0.15, -0.1) is 10.2 Å².